The lowest BCUT2D eigenvalue weighted by Gasteiger charge is -2.32. The molecular weight excluding hydrogens is 428 g/mol. The number of carbonyl (C=O) groups is 1. The molecule has 4 rings (SSSR count). The summed E-state index contributed by atoms with van der Waals surface area (Å²) in [5.41, 5.74) is 1.05. The molecule has 32 heavy (non-hydrogen) atoms. The minimum Gasteiger partial charge on any atom is -0.497 e. The van der Waals surface area contributed by atoms with Crippen LogP contribution in [0.4, 0.5) is 5.69 Å². The highest BCUT2D eigenvalue weighted by molar-refractivity contribution is 6.71. The van der Waals surface area contributed by atoms with Crippen molar-refractivity contribution in [2.24, 2.45) is 5.92 Å². The molecule has 0 bridgehead atoms. The van der Waals surface area contributed by atoms with E-state index >= 15 is 0 Å². The van der Waals surface area contributed by atoms with Crippen molar-refractivity contribution in [3.05, 3.63) is 35.7 Å². The van der Waals surface area contributed by atoms with Gasteiger partial charge in [0.2, 0.25) is 0 Å². The first-order valence-corrected chi connectivity index (χ1v) is 14.0. The number of nitrogens with zero attached hydrogens (tertiary/aromatic N) is 4. The number of likely N-dealkylation sites (N-methyl/N-ethyl adjacent to an activating group) is 1. The van der Waals surface area contributed by atoms with E-state index in [1.54, 1.807) is 23.7 Å². The predicted molar refractivity (Wildman–Crippen MR) is 121 cm³/mol. The molecule has 1 saturated heterocycles. The van der Waals surface area contributed by atoms with E-state index in [2.05, 4.69) is 10.3 Å². The molecule has 0 radical (unpaired) electrons. The highest BCUT2D eigenvalue weighted by Crippen LogP contribution is 2.59. The number of benzene rings is 1. The number of aromatic nitrogens is 3. The standard InChI is InChI=1S/C22H32N4O5Si/c1-14-20(32(4,5)29)19(8-10-26-13-15(9-11-27)23-24-26)31-22(14)17-12-16(30-3)6-7-18(17)25(2)21(22)28/h6-7,12-14,19-20,27,29H,8-11H2,1-5H3/t14-,19+,20-,22+/m1/s1. The van der Waals surface area contributed by atoms with Crippen molar-refractivity contribution in [3.8, 4) is 5.75 Å². The first-order chi connectivity index (χ1) is 15.1. The van der Waals surface area contributed by atoms with Crippen LogP contribution in [0, 0.1) is 5.92 Å². The molecule has 9 nitrogen and oxygen atoms in total. The van der Waals surface area contributed by atoms with Crippen molar-refractivity contribution in [1.82, 2.24) is 15.0 Å². The van der Waals surface area contributed by atoms with Gasteiger partial charge in [0, 0.05) is 49.8 Å². The number of aliphatic hydroxyl groups is 1. The summed E-state index contributed by atoms with van der Waals surface area (Å²) in [4.78, 5) is 26.5. The van der Waals surface area contributed by atoms with Gasteiger partial charge in [0.05, 0.1) is 24.6 Å². The summed E-state index contributed by atoms with van der Waals surface area (Å²) in [6.07, 6.45) is 2.55. The SMILES string of the molecule is COc1ccc2c(c1)[C@]1(O[C@@H](CCn3cc(CCO)nn3)[C@H]([Si](C)(C)O)[C@H]1C)C(=O)N2C. The molecule has 1 fully saturated rings. The summed E-state index contributed by atoms with van der Waals surface area (Å²) in [5.74, 6) is 0.356. The Hall–Kier alpha value is -2.27. The quantitative estimate of drug-likeness (QED) is 0.605. The van der Waals surface area contributed by atoms with E-state index in [9.17, 15) is 9.59 Å². The van der Waals surface area contributed by atoms with Gasteiger partial charge in [-0.05, 0) is 37.7 Å². The van der Waals surface area contributed by atoms with Crippen molar-refractivity contribution < 1.29 is 24.2 Å². The lowest BCUT2D eigenvalue weighted by Crippen LogP contribution is -2.45. The van der Waals surface area contributed by atoms with Crippen LogP contribution in [0.15, 0.2) is 24.4 Å². The maximum Gasteiger partial charge on any atom is 0.264 e. The van der Waals surface area contributed by atoms with Gasteiger partial charge in [-0.2, -0.15) is 0 Å². The van der Waals surface area contributed by atoms with Crippen LogP contribution in [0.3, 0.4) is 0 Å². The van der Waals surface area contributed by atoms with Crippen LogP contribution in [0.25, 0.3) is 0 Å². The van der Waals surface area contributed by atoms with Crippen molar-refractivity contribution >= 4 is 19.9 Å². The molecule has 174 valence electrons. The summed E-state index contributed by atoms with van der Waals surface area (Å²) < 4.78 is 13.8. The third-order valence-electron chi connectivity index (χ3n) is 6.92. The first kappa shape index (κ1) is 22.9. The lowest BCUT2D eigenvalue weighted by molar-refractivity contribution is -0.145. The Morgan fingerprint density at radius 1 is 1.34 bits per heavy atom. The topological polar surface area (TPSA) is 110 Å². The third-order valence-corrected chi connectivity index (χ3v) is 9.42. The van der Waals surface area contributed by atoms with E-state index < -0.39 is 13.9 Å². The number of aryl methyl sites for hydroxylation is 1. The molecular formula is C22H32N4O5Si. The van der Waals surface area contributed by atoms with Crippen molar-refractivity contribution in [1.29, 1.82) is 0 Å². The number of ether oxygens (including phenoxy) is 2. The first-order valence-electron chi connectivity index (χ1n) is 11.0. The van der Waals surface area contributed by atoms with Crippen LogP contribution in [0.5, 0.6) is 5.75 Å². The van der Waals surface area contributed by atoms with E-state index in [0.717, 1.165) is 16.9 Å². The van der Waals surface area contributed by atoms with Crippen LogP contribution in [-0.4, -0.2) is 66.0 Å². The van der Waals surface area contributed by atoms with Gasteiger partial charge >= 0.3 is 0 Å². The number of fused-ring (bicyclic) bond motifs is 2. The van der Waals surface area contributed by atoms with Gasteiger partial charge in [-0.15, -0.1) is 5.10 Å². The molecule has 3 heterocycles. The van der Waals surface area contributed by atoms with Crippen LogP contribution >= 0.6 is 0 Å². The molecule has 2 N–H and O–H groups in total. The van der Waals surface area contributed by atoms with E-state index in [4.69, 9.17) is 14.6 Å². The van der Waals surface area contributed by atoms with Gasteiger partial charge in [0.1, 0.15) is 5.75 Å². The van der Waals surface area contributed by atoms with Gasteiger partial charge in [0.25, 0.3) is 5.91 Å². The van der Waals surface area contributed by atoms with Gasteiger partial charge < -0.3 is 24.3 Å². The van der Waals surface area contributed by atoms with E-state index in [1.807, 2.05) is 44.4 Å². The molecule has 4 atom stereocenters. The van der Waals surface area contributed by atoms with Gasteiger partial charge in [0.15, 0.2) is 13.9 Å². The van der Waals surface area contributed by atoms with Crippen molar-refractivity contribution in [2.75, 3.05) is 25.7 Å². The Morgan fingerprint density at radius 2 is 2.09 bits per heavy atom. The third kappa shape index (κ3) is 3.55. The second-order valence-corrected chi connectivity index (χ2v) is 13.3. The zero-order valence-corrected chi connectivity index (χ0v) is 20.3. The van der Waals surface area contributed by atoms with E-state index in [1.165, 1.54) is 0 Å². The summed E-state index contributed by atoms with van der Waals surface area (Å²) in [5, 5.41) is 17.3. The van der Waals surface area contributed by atoms with Gasteiger partial charge in [-0.25, -0.2) is 0 Å². The molecule has 1 spiro atoms. The molecule has 1 amide bonds. The Balaban J connectivity index is 1.68. The summed E-state index contributed by atoms with van der Waals surface area (Å²) in [6, 6.07) is 5.62. The number of amides is 1. The number of rotatable bonds is 7. The summed E-state index contributed by atoms with van der Waals surface area (Å²) in [7, 11) is 0.678. The van der Waals surface area contributed by atoms with Crippen LogP contribution in [0.1, 0.15) is 24.6 Å². The molecule has 0 saturated carbocycles. The molecule has 2 aliphatic rings. The minimum atomic E-state index is -2.69. The fraction of sp³-hybridized carbons (Fsp3) is 0.591. The lowest BCUT2D eigenvalue weighted by atomic mass is 9.82. The smallest absolute Gasteiger partial charge is 0.264 e. The molecule has 10 heteroatoms. The monoisotopic (exact) mass is 460 g/mol. The second kappa shape index (κ2) is 8.25. The fourth-order valence-corrected chi connectivity index (χ4v) is 8.10. The number of anilines is 1. The highest BCUT2D eigenvalue weighted by Gasteiger charge is 2.65. The number of methoxy groups -OCH3 is 1. The Labute approximate surface area is 189 Å². The molecule has 2 aliphatic heterocycles. The van der Waals surface area contributed by atoms with E-state index in [0.29, 0.717) is 25.1 Å². The number of hydrogen-bond donors (Lipinski definition) is 2. The largest absolute Gasteiger partial charge is 0.497 e. The second-order valence-electron chi connectivity index (χ2n) is 9.34. The predicted octanol–water partition coefficient (Wildman–Crippen LogP) is 1.69. The number of carbonyl (C=O) groups excluding carboxylic acids is 1. The normalized spacial score (nSPS) is 27.4. The molecule has 2 aromatic rings. The highest BCUT2D eigenvalue weighted by atomic mass is 28.4. The average molecular weight is 461 g/mol. The molecule has 1 aromatic heterocycles. The van der Waals surface area contributed by atoms with Gasteiger partial charge in [-0.3, -0.25) is 9.48 Å². The molecule has 1 aromatic carbocycles. The fourth-order valence-electron chi connectivity index (χ4n) is 5.50. The van der Waals surface area contributed by atoms with Crippen molar-refractivity contribution in [3.63, 3.8) is 0 Å². The van der Waals surface area contributed by atoms with Crippen molar-refractivity contribution in [2.45, 2.75) is 56.7 Å². The number of aliphatic hydroxyl groups excluding tert-OH is 1. The molecule has 0 aliphatic carbocycles. The molecule has 0 unspecified atom stereocenters. The summed E-state index contributed by atoms with van der Waals surface area (Å²) >= 11 is 0. The maximum atomic E-state index is 13.6. The minimum absolute atomic E-state index is 0.0232. The maximum absolute atomic E-state index is 13.6. The van der Waals surface area contributed by atoms with Crippen LogP contribution in [-0.2, 0) is 28.1 Å². The number of hydrogen-bond acceptors (Lipinski definition) is 7. The van der Waals surface area contributed by atoms with Crippen LogP contribution in [0.2, 0.25) is 18.6 Å². The van der Waals surface area contributed by atoms with Gasteiger partial charge in [-0.1, -0.05) is 12.1 Å². The Kier molecular flexibility index (Phi) is 5.91. The Morgan fingerprint density at radius 3 is 2.75 bits per heavy atom. The zero-order valence-electron chi connectivity index (χ0n) is 19.3. The Bertz CT molecular complexity index is 1010. The summed E-state index contributed by atoms with van der Waals surface area (Å²) in [6.45, 7) is 6.41. The van der Waals surface area contributed by atoms with E-state index in [-0.39, 0.29) is 30.1 Å². The average Bonchev–Trinajstić information content (AvgIpc) is 3.38. The zero-order chi connectivity index (χ0) is 23.3. The van der Waals surface area contributed by atoms with Crippen LogP contribution < -0.4 is 9.64 Å².